The van der Waals surface area contributed by atoms with Crippen LogP contribution in [0.25, 0.3) is 0 Å². The van der Waals surface area contributed by atoms with Gasteiger partial charge in [-0.25, -0.2) is 0 Å². The van der Waals surface area contributed by atoms with E-state index >= 15 is 0 Å². The van der Waals surface area contributed by atoms with E-state index in [2.05, 4.69) is 69.4 Å². The van der Waals surface area contributed by atoms with Crippen molar-refractivity contribution in [3.63, 3.8) is 0 Å². The highest BCUT2D eigenvalue weighted by Gasteiger charge is 2.19. The minimum atomic E-state index is -0.777. The summed E-state index contributed by atoms with van der Waals surface area (Å²) in [6, 6.07) is 0. The standard InChI is InChI=1S/C64H116O6/c1-4-7-10-13-16-19-22-24-26-28-30-31-32-33-35-36-38-40-42-45-48-51-54-57-63(66)69-60-61(59-68-62(65)56-53-50-47-44-21-18-15-12-9-6-3)70-64(67)58-55-52-49-46-43-41-39-37-34-29-27-25-23-20-17-14-11-8-5-2/h8,11,17,20,25,27,34,37,61H,4-7,9-10,12-16,18-19,21-24,26,28-33,35-36,38-60H2,1-3H3/b11-8-,20-17-,27-25-,37-34-. The van der Waals surface area contributed by atoms with Crippen molar-refractivity contribution in [2.24, 2.45) is 0 Å². The van der Waals surface area contributed by atoms with Gasteiger partial charge in [0.1, 0.15) is 13.2 Å². The zero-order valence-corrected chi connectivity index (χ0v) is 46.8. The van der Waals surface area contributed by atoms with E-state index in [0.29, 0.717) is 19.3 Å². The SMILES string of the molecule is CC/C=C\C/C=C\C/C=C\C/C=C\CCCCCCCCC(=O)OC(COC(=O)CCCCCCCCCCCC)COC(=O)CCCCCCCCCCCCCCCCCCCCCCCCC. The van der Waals surface area contributed by atoms with Crippen molar-refractivity contribution >= 4 is 17.9 Å². The maximum Gasteiger partial charge on any atom is 0.306 e. The summed E-state index contributed by atoms with van der Waals surface area (Å²) in [6.07, 6.45) is 72.6. The van der Waals surface area contributed by atoms with Crippen molar-refractivity contribution < 1.29 is 28.6 Å². The Hall–Kier alpha value is -2.63. The van der Waals surface area contributed by atoms with Gasteiger partial charge in [-0.1, -0.05) is 294 Å². The zero-order chi connectivity index (χ0) is 50.7. The quantitative estimate of drug-likeness (QED) is 0.0261. The van der Waals surface area contributed by atoms with Crippen LogP contribution in [0.2, 0.25) is 0 Å². The number of carbonyl (C=O) groups excluding carboxylic acids is 3. The van der Waals surface area contributed by atoms with E-state index in [9.17, 15) is 14.4 Å². The lowest BCUT2D eigenvalue weighted by Crippen LogP contribution is -2.30. The predicted octanol–water partition coefficient (Wildman–Crippen LogP) is 20.6. The first-order chi connectivity index (χ1) is 34.5. The molecule has 1 unspecified atom stereocenters. The zero-order valence-electron chi connectivity index (χ0n) is 46.8. The molecule has 0 aliphatic rings. The van der Waals surface area contributed by atoms with Gasteiger partial charge in [0.25, 0.3) is 0 Å². The van der Waals surface area contributed by atoms with Gasteiger partial charge >= 0.3 is 17.9 Å². The lowest BCUT2D eigenvalue weighted by molar-refractivity contribution is -0.167. The average molecular weight is 982 g/mol. The van der Waals surface area contributed by atoms with Crippen LogP contribution in [0.4, 0.5) is 0 Å². The van der Waals surface area contributed by atoms with Gasteiger partial charge in [-0.15, -0.1) is 0 Å². The first-order valence-corrected chi connectivity index (χ1v) is 30.6. The van der Waals surface area contributed by atoms with Crippen LogP contribution in [0, 0.1) is 0 Å². The first kappa shape index (κ1) is 67.4. The molecule has 0 rings (SSSR count). The van der Waals surface area contributed by atoms with Crippen LogP contribution in [0.5, 0.6) is 0 Å². The van der Waals surface area contributed by atoms with E-state index in [1.807, 2.05) is 0 Å². The fraction of sp³-hybridized carbons (Fsp3) is 0.828. The van der Waals surface area contributed by atoms with Gasteiger partial charge in [-0.2, -0.15) is 0 Å². The summed E-state index contributed by atoms with van der Waals surface area (Å²) in [5.74, 6) is -0.872. The number of ether oxygens (including phenoxy) is 3. The van der Waals surface area contributed by atoms with Crippen LogP contribution in [0.15, 0.2) is 48.6 Å². The lowest BCUT2D eigenvalue weighted by atomic mass is 10.0. The molecule has 0 N–H and O–H groups in total. The second-order valence-corrected chi connectivity index (χ2v) is 20.6. The molecule has 0 aromatic heterocycles. The molecule has 0 radical (unpaired) electrons. The molecule has 6 nitrogen and oxygen atoms in total. The number of hydrogen-bond donors (Lipinski definition) is 0. The third kappa shape index (κ3) is 56.3. The summed E-state index contributed by atoms with van der Waals surface area (Å²) in [6.45, 7) is 6.55. The van der Waals surface area contributed by atoms with Gasteiger partial charge in [0.2, 0.25) is 0 Å². The van der Waals surface area contributed by atoms with E-state index in [-0.39, 0.29) is 31.1 Å². The highest BCUT2D eigenvalue weighted by Crippen LogP contribution is 2.17. The van der Waals surface area contributed by atoms with Gasteiger partial charge in [-0.3, -0.25) is 14.4 Å². The smallest absolute Gasteiger partial charge is 0.306 e. The maximum absolute atomic E-state index is 12.9. The molecule has 0 bridgehead atoms. The number of esters is 3. The van der Waals surface area contributed by atoms with Crippen molar-refractivity contribution in [1.29, 1.82) is 0 Å². The number of rotatable bonds is 56. The Morgan fingerprint density at radius 1 is 0.300 bits per heavy atom. The normalized spacial score (nSPS) is 12.3. The van der Waals surface area contributed by atoms with Crippen LogP contribution in [-0.2, 0) is 28.6 Å². The van der Waals surface area contributed by atoms with Crippen molar-refractivity contribution in [2.75, 3.05) is 13.2 Å². The van der Waals surface area contributed by atoms with Gasteiger partial charge < -0.3 is 14.2 Å². The molecular weight excluding hydrogens is 865 g/mol. The highest BCUT2D eigenvalue weighted by molar-refractivity contribution is 5.71. The summed E-state index contributed by atoms with van der Waals surface area (Å²) < 4.78 is 16.9. The summed E-state index contributed by atoms with van der Waals surface area (Å²) in [5.41, 5.74) is 0. The Morgan fingerprint density at radius 2 is 0.557 bits per heavy atom. The fourth-order valence-corrected chi connectivity index (χ4v) is 9.02. The Bertz CT molecular complexity index is 1220. The van der Waals surface area contributed by atoms with Gasteiger partial charge in [-0.05, 0) is 57.8 Å². The summed E-state index contributed by atoms with van der Waals surface area (Å²) in [7, 11) is 0. The van der Waals surface area contributed by atoms with E-state index in [4.69, 9.17) is 14.2 Å². The average Bonchev–Trinajstić information content (AvgIpc) is 3.36. The number of unbranched alkanes of at least 4 members (excludes halogenated alkanes) is 37. The predicted molar refractivity (Wildman–Crippen MR) is 302 cm³/mol. The topological polar surface area (TPSA) is 78.9 Å². The molecule has 0 aromatic rings. The summed E-state index contributed by atoms with van der Waals surface area (Å²) in [5, 5.41) is 0. The summed E-state index contributed by atoms with van der Waals surface area (Å²) in [4.78, 5) is 38.1. The molecule has 0 amide bonds. The molecule has 0 aliphatic carbocycles. The molecule has 408 valence electrons. The van der Waals surface area contributed by atoms with Crippen LogP contribution >= 0.6 is 0 Å². The fourth-order valence-electron chi connectivity index (χ4n) is 9.02. The van der Waals surface area contributed by atoms with Crippen molar-refractivity contribution in [3.05, 3.63) is 48.6 Å². The van der Waals surface area contributed by atoms with Crippen molar-refractivity contribution in [3.8, 4) is 0 Å². The van der Waals surface area contributed by atoms with Crippen molar-refractivity contribution in [1.82, 2.24) is 0 Å². The second-order valence-electron chi connectivity index (χ2n) is 20.6. The molecule has 0 heterocycles. The third-order valence-electron chi connectivity index (χ3n) is 13.6. The Kier molecular flexibility index (Phi) is 56.7. The first-order valence-electron chi connectivity index (χ1n) is 30.6. The minimum absolute atomic E-state index is 0.0747. The molecule has 0 spiro atoms. The van der Waals surface area contributed by atoms with Crippen LogP contribution in [-0.4, -0.2) is 37.2 Å². The summed E-state index contributed by atoms with van der Waals surface area (Å²) >= 11 is 0. The molecule has 70 heavy (non-hydrogen) atoms. The van der Waals surface area contributed by atoms with Crippen LogP contribution in [0.1, 0.15) is 323 Å². The largest absolute Gasteiger partial charge is 0.462 e. The van der Waals surface area contributed by atoms with E-state index in [0.717, 1.165) is 96.3 Å². The number of allylic oxidation sites excluding steroid dienone is 8. The van der Waals surface area contributed by atoms with Crippen LogP contribution < -0.4 is 0 Å². The molecule has 0 saturated carbocycles. The van der Waals surface area contributed by atoms with Gasteiger partial charge in [0, 0.05) is 19.3 Å². The minimum Gasteiger partial charge on any atom is -0.462 e. The number of hydrogen-bond acceptors (Lipinski definition) is 6. The van der Waals surface area contributed by atoms with E-state index in [1.54, 1.807) is 0 Å². The molecular formula is C64H116O6. The maximum atomic E-state index is 12.9. The number of carbonyl (C=O) groups is 3. The van der Waals surface area contributed by atoms with Gasteiger partial charge in [0.15, 0.2) is 6.10 Å². The Morgan fingerprint density at radius 3 is 0.871 bits per heavy atom. The monoisotopic (exact) mass is 981 g/mol. The van der Waals surface area contributed by atoms with Gasteiger partial charge in [0.05, 0.1) is 0 Å². The Labute approximate surface area is 435 Å². The molecule has 0 aliphatic heterocycles. The third-order valence-corrected chi connectivity index (χ3v) is 13.6. The second kappa shape index (κ2) is 58.9. The molecule has 0 saturated heterocycles. The lowest BCUT2D eigenvalue weighted by Gasteiger charge is -2.18. The van der Waals surface area contributed by atoms with Crippen LogP contribution in [0.3, 0.4) is 0 Å². The molecule has 1 atom stereocenters. The highest BCUT2D eigenvalue weighted by atomic mass is 16.6. The molecule has 0 aromatic carbocycles. The van der Waals surface area contributed by atoms with E-state index in [1.165, 1.54) is 186 Å². The van der Waals surface area contributed by atoms with E-state index < -0.39 is 6.10 Å². The Balaban J connectivity index is 4.24. The van der Waals surface area contributed by atoms with Crippen molar-refractivity contribution in [2.45, 2.75) is 329 Å². The molecule has 6 heteroatoms. The molecule has 0 fully saturated rings.